The van der Waals surface area contributed by atoms with Crippen molar-refractivity contribution in [3.05, 3.63) is 21.9 Å². The molecule has 0 bridgehead atoms. The quantitative estimate of drug-likeness (QED) is 0.742. The van der Waals surface area contributed by atoms with Crippen LogP contribution in [0, 0.1) is 0 Å². The highest BCUT2D eigenvalue weighted by atomic mass is 32.1. The second-order valence-corrected chi connectivity index (χ2v) is 7.98. The third kappa shape index (κ3) is 4.34. The van der Waals surface area contributed by atoms with Crippen molar-refractivity contribution in [2.45, 2.75) is 82.0 Å². The Morgan fingerprint density at radius 1 is 1.00 bits per heavy atom. The van der Waals surface area contributed by atoms with Crippen LogP contribution in [-0.4, -0.2) is 34.4 Å². The zero-order valence-electron chi connectivity index (χ0n) is 13.5. The summed E-state index contributed by atoms with van der Waals surface area (Å²) in [6.45, 7) is 0. The lowest BCUT2D eigenvalue weighted by molar-refractivity contribution is 0.0157. The van der Waals surface area contributed by atoms with Crippen LogP contribution in [0.3, 0.4) is 0 Å². The second kappa shape index (κ2) is 7.77. The molecule has 1 amide bonds. The van der Waals surface area contributed by atoms with Gasteiger partial charge in [-0.25, -0.2) is 0 Å². The zero-order valence-corrected chi connectivity index (χ0v) is 14.4. The fourth-order valence-corrected chi connectivity index (χ4v) is 4.82. The predicted octanol–water partition coefficient (Wildman–Crippen LogP) is 3.19. The number of rotatable bonds is 3. The van der Waals surface area contributed by atoms with Gasteiger partial charge in [0.25, 0.3) is 5.91 Å². The summed E-state index contributed by atoms with van der Waals surface area (Å²) in [6, 6.07) is 2.11. The third-order valence-corrected chi connectivity index (χ3v) is 6.39. The number of hydrogen-bond donors (Lipinski definition) is 3. The highest BCUT2D eigenvalue weighted by molar-refractivity contribution is 7.10. The van der Waals surface area contributed by atoms with Crippen LogP contribution < -0.4 is 5.32 Å². The molecule has 2 aliphatic rings. The number of nitrogens with one attached hydrogen (secondary N) is 1. The Morgan fingerprint density at radius 2 is 1.65 bits per heavy atom. The summed E-state index contributed by atoms with van der Waals surface area (Å²) in [6.07, 6.45) is 7.67. The average Bonchev–Trinajstić information content (AvgIpc) is 3.02. The Hall–Kier alpha value is -0.910. The minimum atomic E-state index is -0.657. The largest absolute Gasteiger partial charge is 0.390 e. The topological polar surface area (TPSA) is 69.6 Å². The first-order valence-corrected chi connectivity index (χ1v) is 9.77. The molecule has 4 nitrogen and oxygen atoms in total. The summed E-state index contributed by atoms with van der Waals surface area (Å²) >= 11 is 1.71. The van der Waals surface area contributed by atoms with Crippen LogP contribution in [0.1, 0.15) is 78.9 Å². The van der Waals surface area contributed by atoms with Gasteiger partial charge < -0.3 is 15.5 Å². The fourth-order valence-electron chi connectivity index (χ4n) is 3.76. The summed E-state index contributed by atoms with van der Waals surface area (Å²) in [5, 5.41) is 24.5. The standard InChI is InChI=1S/C18H27NO3S/c20-15-8-6-14(7-9-16(15)21)19-18(22)13-10-17(23-11-13)12-4-2-1-3-5-12/h10-12,14-16,20-21H,1-9H2,(H,19,22)/t14?,15-,16+. The Morgan fingerprint density at radius 3 is 2.30 bits per heavy atom. The van der Waals surface area contributed by atoms with Gasteiger partial charge in [0, 0.05) is 16.3 Å². The van der Waals surface area contributed by atoms with Crippen LogP contribution in [0.4, 0.5) is 0 Å². The van der Waals surface area contributed by atoms with E-state index in [1.165, 1.54) is 37.0 Å². The molecule has 128 valence electrons. The molecule has 2 aliphatic carbocycles. The Kier molecular flexibility index (Phi) is 5.72. The third-order valence-electron chi connectivity index (χ3n) is 5.29. The van der Waals surface area contributed by atoms with Gasteiger partial charge in [-0.1, -0.05) is 19.3 Å². The monoisotopic (exact) mass is 337 g/mol. The number of amides is 1. The van der Waals surface area contributed by atoms with Crippen LogP contribution in [-0.2, 0) is 0 Å². The van der Waals surface area contributed by atoms with Gasteiger partial charge in [0.1, 0.15) is 0 Å². The molecule has 3 rings (SSSR count). The molecule has 0 spiro atoms. The first-order valence-electron chi connectivity index (χ1n) is 8.89. The molecule has 3 N–H and O–H groups in total. The van der Waals surface area contributed by atoms with E-state index in [0.717, 1.165) is 18.4 Å². The van der Waals surface area contributed by atoms with Gasteiger partial charge in [-0.15, -0.1) is 11.3 Å². The van der Waals surface area contributed by atoms with E-state index in [0.29, 0.717) is 18.8 Å². The van der Waals surface area contributed by atoms with Crippen molar-refractivity contribution in [3.63, 3.8) is 0 Å². The van der Waals surface area contributed by atoms with E-state index in [2.05, 4.69) is 11.4 Å². The molecular weight excluding hydrogens is 310 g/mol. The molecule has 0 radical (unpaired) electrons. The summed E-state index contributed by atoms with van der Waals surface area (Å²) in [7, 11) is 0. The van der Waals surface area contributed by atoms with E-state index in [4.69, 9.17) is 0 Å². The highest BCUT2D eigenvalue weighted by Crippen LogP contribution is 2.36. The van der Waals surface area contributed by atoms with Gasteiger partial charge in [-0.3, -0.25) is 4.79 Å². The first kappa shape index (κ1) is 16.9. The van der Waals surface area contributed by atoms with Crippen molar-refractivity contribution >= 4 is 17.2 Å². The van der Waals surface area contributed by atoms with E-state index in [-0.39, 0.29) is 11.9 Å². The molecule has 0 aliphatic heterocycles. The highest BCUT2D eigenvalue weighted by Gasteiger charge is 2.26. The van der Waals surface area contributed by atoms with E-state index < -0.39 is 12.2 Å². The minimum Gasteiger partial charge on any atom is -0.390 e. The lowest BCUT2D eigenvalue weighted by atomic mass is 9.88. The van der Waals surface area contributed by atoms with E-state index >= 15 is 0 Å². The number of aliphatic hydroxyl groups is 2. The molecule has 3 atom stereocenters. The van der Waals surface area contributed by atoms with Gasteiger partial charge in [-0.05, 0) is 50.5 Å². The average molecular weight is 337 g/mol. The van der Waals surface area contributed by atoms with E-state index in [1.54, 1.807) is 11.3 Å². The molecule has 0 saturated heterocycles. The number of thiophene rings is 1. The molecule has 1 aromatic rings. The van der Waals surface area contributed by atoms with Crippen molar-refractivity contribution < 1.29 is 15.0 Å². The van der Waals surface area contributed by atoms with Crippen molar-refractivity contribution in [1.29, 1.82) is 0 Å². The first-order chi connectivity index (χ1) is 11.1. The summed E-state index contributed by atoms with van der Waals surface area (Å²) in [5.74, 6) is 0.623. The second-order valence-electron chi connectivity index (χ2n) is 7.03. The molecule has 0 aromatic carbocycles. The van der Waals surface area contributed by atoms with E-state index in [9.17, 15) is 15.0 Å². The predicted molar refractivity (Wildman–Crippen MR) is 91.9 cm³/mol. The lowest BCUT2D eigenvalue weighted by Crippen LogP contribution is -2.34. The molecule has 1 aromatic heterocycles. The van der Waals surface area contributed by atoms with Gasteiger partial charge in [0.2, 0.25) is 0 Å². The molecule has 1 unspecified atom stereocenters. The number of aliphatic hydroxyl groups excluding tert-OH is 2. The van der Waals surface area contributed by atoms with Crippen molar-refractivity contribution in [3.8, 4) is 0 Å². The van der Waals surface area contributed by atoms with Crippen LogP contribution in [0.15, 0.2) is 11.4 Å². The maximum atomic E-state index is 12.5. The smallest absolute Gasteiger partial charge is 0.252 e. The van der Waals surface area contributed by atoms with Crippen LogP contribution >= 0.6 is 11.3 Å². The summed E-state index contributed by atoms with van der Waals surface area (Å²) in [4.78, 5) is 13.8. The summed E-state index contributed by atoms with van der Waals surface area (Å²) in [5.41, 5.74) is 0.765. The number of carbonyl (C=O) groups is 1. The van der Waals surface area contributed by atoms with Crippen LogP contribution in [0.25, 0.3) is 0 Å². The van der Waals surface area contributed by atoms with Gasteiger partial charge >= 0.3 is 0 Å². The lowest BCUT2D eigenvalue weighted by Gasteiger charge is -2.20. The van der Waals surface area contributed by atoms with Gasteiger partial charge in [0.15, 0.2) is 0 Å². The fraction of sp³-hybridized carbons (Fsp3) is 0.722. The molecule has 1 heterocycles. The number of hydrogen-bond acceptors (Lipinski definition) is 4. The Balaban J connectivity index is 1.57. The Bertz CT molecular complexity index is 512. The minimum absolute atomic E-state index is 0.0146. The molecular formula is C18H27NO3S. The number of carbonyl (C=O) groups excluding carboxylic acids is 1. The van der Waals surface area contributed by atoms with Crippen molar-refractivity contribution in [2.24, 2.45) is 0 Å². The normalized spacial score (nSPS) is 29.9. The Labute approximate surface area is 141 Å². The maximum Gasteiger partial charge on any atom is 0.252 e. The molecule has 2 saturated carbocycles. The molecule has 2 fully saturated rings. The summed E-state index contributed by atoms with van der Waals surface area (Å²) < 4.78 is 0. The SMILES string of the molecule is O=C(NC1CC[C@@H](O)[C@@H](O)CC1)c1csc(C2CCCCC2)c1. The zero-order chi connectivity index (χ0) is 16.2. The van der Waals surface area contributed by atoms with Gasteiger partial charge in [-0.2, -0.15) is 0 Å². The molecule has 23 heavy (non-hydrogen) atoms. The van der Waals surface area contributed by atoms with Crippen molar-refractivity contribution in [1.82, 2.24) is 5.32 Å². The van der Waals surface area contributed by atoms with Gasteiger partial charge in [0.05, 0.1) is 17.8 Å². The van der Waals surface area contributed by atoms with Crippen LogP contribution in [0.5, 0.6) is 0 Å². The van der Waals surface area contributed by atoms with E-state index in [1.807, 2.05) is 5.38 Å². The van der Waals surface area contributed by atoms with Crippen LogP contribution in [0.2, 0.25) is 0 Å². The maximum absolute atomic E-state index is 12.5. The van der Waals surface area contributed by atoms with Crippen molar-refractivity contribution in [2.75, 3.05) is 0 Å². The molecule has 5 heteroatoms.